The summed E-state index contributed by atoms with van der Waals surface area (Å²) in [5.41, 5.74) is 1.14. The van der Waals surface area contributed by atoms with Crippen molar-refractivity contribution in [2.75, 3.05) is 13.1 Å². The first-order valence-corrected chi connectivity index (χ1v) is 7.07. The Morgan fingerprint density at radius 3 is 2.35 bits per heavy atom. The molecular formula is C12H16N2O2S. The molecule has 0 radical (unpaired) electrons. The fraction of sp³-hybridized carbons (Fsp3) is 0.417. The van der Waals surface area contributed by atoms with Gasteiger partial charge in [-0.25, -0.2) is 8.42 Å². The number of benzene rings is 1. The van der Waals surface area contributed by atoms with Gasteiger partial charge >= 0.3 is 0 Å². The molecule has 1 aliphatic heterocycles. The molecule has 0 saturated carbocycles. The molecule has 0 fully saturated rings. The van der Waals surface area contributed by atoms with Crippen molar-refractivity contribution in [1.82, 2.24) is 4.31 Å². The molecule has 0 saturated heterocycles. The quantitative estimate of drug-likeness (QED) is 0.824. The van der Waals surface area contributed by atoms with Gasteiger partial charge in [-0.15, -0.1) is 0 Å². The number of nitrogens with zero attached hydrogens (tertiary/aromatic N) is 2. The minimum atomic E-state index is -3.40. The third-order valence-corrected chi connectivity index (χ3v) is 4.58. The normalized spacial score (nSPS) is 15.8. The van der Waals surface area contributed by atoms with E-state index in [1.165, 1.54) is 10.6 Å². The van der Waals surface area contributed by atoms with Crippen LogP contribution in [-0.4, -0.2) is 32.2 Å². The van der Waals surface area contributed by atoms with Crippen molar-refractivity contribution in [3.8, 4) is 0 Å². The maximum Gasteiger partial charge on any atom is 0.265 e. The van der Waals surface area contributed by atoms with E-state index in [2.05, 4.69) is 18.8 Å². The molecule has 0 spiro atoms. The summed E-state index contributed by atoms with van der Waals surface area (Å²) in [5, 5.41) is 0. The summed E-state index contributed by atoms with van der Waals surface area (Å²) in [4.78, 5) is 4.25. The van der Waals surface area contributed by atoms with Crippen LogP contribution in [0.25, 0.3) is 0 Å². The molecule has 1 heterocycles. The molecule has 5 heteroatoms. The monoisotopic (exact) mass is 252 g/mol. The third-order valence-electron chi connectivity index (χ3n) is 2.81. The van der Waals surface area contributed by atoms with Gasteiger partial charge in [0.15, 0.2) is 0 Å². The highest BCUT2D eigenvalue weighted by Crippen LogP contribution is 2.20. The molecule has 0 aliphatic carbocycles. The smallest absolute Gasteiger partial charge is 0.265 e. The zero-order valence-electron chi connectivity index (χ0n) is 10.00. The first kappa shape index (κ1) is 12.1. The van der Waals surface area contributed by atoms with E-state index < -0.39 is 10.0 Å². The van der Waals surface area contributed by atoms with Gasteiger partial charge in [-0.3, -0.25) is 9.30 Å². The fourth-order valence-corrected chi connectivity index (χ4v) is 2.97. The van der Waals surface area contributed by atoms with Crippen molar-refractivity contribution in [3.63, 3.8) is 0 Å². The van der Waals surface area contributed by atoms with Crippen LogP contribution in [0.5, 0.6) is 0 Å². The largest absolute Gasteiger partial charge is 0.273 e. The zero-order valence-corrected chi connectivity index (χ0v) is 10.8. The predicted octanol–water partition coefficient (Wildman–Crippen LogP) is 1.84. The summed E-state index contributed by atoms with van der Waals surface area (Å²) < 4.78 is 25.6. The summed E-state index contributed by atoms with van der Waals surface area (Å²) in [7, 11) is -3.40. The molecule has 17 heavy (non-hydrogen) atoms. The Hall–Kier alpha value is -1.36. The van der Waals surface area contributed by atoms with E-state index in [-0.39, 0.29) is 0 Å². The van der Waals surface area contributed by atoms with Crippen LogP contribution in [0.3, 0.4) is 0 Å². The molecule has 1 aliphatic rings. The van der Waals surface area contributed by atoms with Crippen molar-refractivity contribution in [1.29, 1.82) is 0 Å². The first-order valence-electron chi connectivity index (χ1n) is 5.63. The van der Waals surface area contributed by atoms with Crippen LogP contribution in [-0.2, 0) is 10.0 Å². The molecule has 0 bridgehead atoms. The Balaban J connectivity index is 2.30. The maximum absolute atomic E-state index is 12.2. The van der Waals surface area contributed by atoms with E-state index in [0.29, 0.717) is 23.9 Å². The lowest BCUT2D eigenvalue weighted by atomic mass is 10.0. The predicted molar refractivity (Wildman–Crippen MR) is 67.8 cm³/mol. The van der Waals surface area contributed by atoms with Crippen molar-refractivity contribution in [2.45, 2.75) is 24.7 Å². The molecule has 92 valence electrons. The van der Waals surface area contributed by atoms with Gasteiger partial charge in [-0.2, -0.15) is 0 Å². The van der Waals surface area contributed by atoms with Gasteiger partial charge in [0.05, 0.1) is 24.3 Å². The van der Waals surface area contributed by atoms with Gasteiger partial charge in [-0.1, -0.05) is 26.0 Å². The molecule has 0 atom stereocenters. The van der Waals surface area contributed by atoms with Crippen LogP contribution in [0.1, 0.15) is 25.3 Å². The van der Waals surface area contributed by atoms with Crippen molar-refractivity contribution < 1.29 is 8.42 Å². The molecule has 4 nitrogen and oxygen atoms in total. The lowest BCUT2D eigenvalue weighted by molar-refractivity contribution is 0.541. The lowest BCUT2D eigenvalue weighted by Gasteiger charge is -2.15. The summed E-state index contributed by atoms with van der Waals surface area (Å²) in [6, 6.07) is 7.06. The van der Waals surface area contributed by atoms with E-state index in [1.807, 2.05) is 12.1 Å². The van der Waals surface area contributed by atoms with Gasteiger partial charge in [0.25, 0.3) is 10.0 Å². The summed E-state index contributed by atoms with van der Waals surface area (Å²) >= 11 is 0. The van der Waals surface area contributed by atoms with Gasteiger partial charge in [0, 0.05) is 0 Å². The highest BCUT2D eigenvalue weighted by molar-refractivity contribution is 7.89. The van der Waals surface area contributed by atoms with Crippen LogP contribution >= 0.6 is 0 Å². The van der Waals surface area contributed by atoms with Gasteiger partial charge in [0.1, 0.15) is 0 Å². The number of rotatable bonds is 3. The Bertz CT molecular complexity index is 518. The van der Waals surface area contributed by atoms with Gasteiger partial charge in [-0.05, 0) is 23.6 Å². The second-order valence-electron chi connectivity index (χ2n) is 4.36. The van der Waals surface area contributed by atoms with Crippen LogP contribution in [0, 0.1) is 0 Å². The van der Waals surface area contributed by atoms with Crippen LogP contribution in [0.15, 0.2) is 34.2 Å². The summed E-state index contributed by atoms with van der Waals surface area (Å²) in [5.74, 6) is 0.403. The van der Waals surface area contributed by atoms with E-state index in [4.69, 9.17) is 0 Å². The summed E-state index contributed by atoms with van der Waals surface area (Å²) in [6.07, 6.45) is 1.39. The highest BCUT2D eigenvalue weighted by atomic mass is 32.2. The van der Waals surface area contributed by atoms with E-state index in [9.17, 15) is 8.42 Å². The Morgan fingerprint density at radius 2 is 1.88 bits per heavy atom. The molecule has 1 aromatic carbocycles. The first-order chi connectivity index (χ1) is 8.01. The topological polar surface area (TPSA) is 49.7 Å². The molecule has 0 N–H and O–H groups in total. The molecule has 0 amide bonds. The number of hydrogen-bond acceptors (Lipinski definition) is 3. The van der Waals surface area contributed by atoms with Gasteiger partial charge in [0.2, 0.25) is 0 Å². The Kier molecular flexibility index (Phi) is 3.19. The highest BCUT2D eigenvalue weighted by Gasteiger charge is 2.23. The number of hydrogen-bond donors (Lipinski definition) is 0. The molecular weight excluding hydrogens is 236 g/mol. The average Bonchev–Trinajstić information content (AvgIpc) is 2.83. The number of sulfonamides is 1. The SMILES string of the molecule is CC(C)c1ccc(S(=O)(=O)N2C=NCC2)cc1. The van der Waals surface area contributed by atoms with E-state index >= 15 is 0 Å². The van der Waals surface area contributed by atoms with E-state index in [0.717, 1.165) is 5.56 Å². The minimum Gasteiger partial charge on any atom is -0.273 e. The maximum atomic E-state index is 12.2. The second-order valence-corrected chi connectivity index (χ2v) is 6.25. The zero-order chi connectivity index (χ0) is 12.5. The number of aliphatic imine (C=N–C) groups is 1. The fourth-order valence-electron chi connectivity index (χ4n) is 1.71. The Labute approximate surface area is 102 Å². The van der Waals surface area contributed by atoms with Crippen molar-refractivity contribution in [3.05, 3.63) is 29.8 Å². The van der Waals surface area contributed by atoms with Gasteiger partial charge < -0.3 is 0 Å². The van der Waals surface area contributed by atoms with Crippen LogP contribution in [0.4, 0.5) is 0 Å². The molecule has 1 aromatic rings. The van der Waals surface area contributed by atoms with Crippen LogP contribution < -0.4 is 0 Å². The average molecular weight is 252 g/mol. The van der Waals surface area contributed by atoms with E-state index in [1.54, 1.807) is 12.1 Å². The Morgan fingerprint density at radius 1 is 1.24 bits per heavy atom. The van der Waals surface area contributed by atoms with Crippen LogP contribution in [0.2, 0.25) is 0 Å². The molecule has 2 rings (SSSR count). The molecule has 0 unspecified atom stereocenters. The van der Waals surface area contributed by atoms with Crippen molar-refractivity contribution in [2.24, 2.45) is 4.99 Å². The molecule has 0 aromatic heterocycles. The third kappa shape index (κ3) is 2.34. The minimum absolute atomic E-state index is 0.329. The van der Waals surface area contributed by atoms with Crippen molar-refractivity contribution >= 4 is 16.4 Å². The summed E-state index contributed by atoms with van der Waals surface area (Å²) in [6.45, 7) is 5.14. The second kappa shape index (κ2) is 4.49. The lowest BCUT2D eigenvalue weighted by Crippen LogP contribution is -2.28. The standard InChI is InChI=1S/C12H16N2O2S/c1-10(2)11-3-5-12(6-4-11)17(15,16)14-8-7-13-9-14/h3-6,9-10H,7-8H2,1-2H3.